The van der Waals surface area contributed by atoms with E-state index in [2.05, 4.69) is 38.0 Å². The monoisotopic (exact) mass is 266 g/mol. The zero-order valence-corrected chi connectivity index (χ0v) is 13.5. The maximum Gasteiger partial charge on any atom is 0.000916 e. The first-order chi connectivity index (χ1) is 9.06. The van der Waals surface area contributed by atoms with E-state index in [9.17, 15) is 0 Å². The fourth-order valence-corrected chi connectivity index (χ4v) is 4.14. The van der Waals surface area contributed by atoms with Crippen molar-refractivity contribution in [3.8, 4) is 0 Å². The molecule has 0 radical (unpaired) electrons. The molecule has 0 amide bonds. The number of rotatable bonds is 4. The highest BCUT2D eigenvalue weighted by atomic mass is 15.1. The Morgan fingerprint density at radius 3 is 2.63 bits per heavy atom. The summed E-state index contributed by atoms with van der Waals surface area (Å²) in [5.41, 5.74) is 0. The minimum Gasteiger partial charge on any atom is -0.316 e. The molecule has 2 nitrogen and oxygen atoms in total. The van der Waals surface area contributed by atoms with Crippen LogP contribution in [0.15, 0.2) is 0 Å². The molecule has 1 N–H and O–H groups in total. The lowest BCUT2D eigenvalue weighted by atomic mass is 9.76. The van der Waals surface area contributed by atoms with E-state index in [-0.39, 0.29) is 0 Å². The van der Waals surface area contributed by atoms with E-state index in [0.717, 1.165) is 29.6 Å². The van der Waals surface area contributed by atoms with Crippen LogP contribution in [0.4, 0.5) is 0 Å². The van der Waals surface area contributed by atoms with E-state index in [4.69, 9.17) is 0 Å². The summed E-state index contributed by atoms with van der Waals surface area (Å²) in [7, 11) is 2.29. The van der Waals surface area contributed by atoms with E-state index in [1.165, 1.54) is 51.9 Å². The maximum atomic E-state index is 3.67. The van der Waals surface area contributed by atoms with Gasteiger partial charge in [0, 0.05) is 6.54 Å². The Hall–Kier alpha value is -0.0800. The Labute approximate surface area is 120 Å². The number of nitrogens with one attached hydrogen (secondary N) is 1. The van der Waals surface area contributed by atoms with Crippen LogP contribution in [0.1, 0.15) is 46.5 Å². The van der Waals surface area contributed by atoms with E-state index < -0.39 is 0 Å². The van der Waals surface area contributed by atoms with Crippen LogP contribution in [-0.4, -0.2) is 38.1 Å². The summed E-state index contributed by atoms with van der Waals surface area (Å²) >= 11 is 0. The first kappa shape index (κ1) is 15.3. The van der Waals surface area contributed by atoms with Crippen molar-refractivity contribution in [3.05, 3.63) is 0 Å². The van der Waals surface area contributed by atoms with Crippen LogP contribution in [0, 0.1) is 29.6 Å². The minimum atomic E-state index is 0.839. The molecular formula is C17H34N2. The Morgan fingerprint density at radius 2 is 1.95 bits per heavy atom. The zero-order valence-electron chi connectivity index (χ0n) is 13.5. The first-order valence-electron chi connectivity index (χ1n) is 8.45. The van der Waals surface area contributed by atoms with Crippen molar-refractivity contribution in [2.75, 3.05) is 33.2 Å². The number of nitrogens with zero attached hydrogens (tertiary/aromatic N) is 1. The van der Waals surface area contributed by atoms with Gasteiger partial charge in [0.2, 0.25) is 0 Å². The van der Waals surface area contributed by atoms with Crippen molar-refractivity contribution < 1.29 is 0 Å². The average molecular weight is 266 g/mol. The predicted octanol–water partition coefficient (Wildman–Crippen LogP) is 3.24. The molecule has 2 saturated heterocycles. The fraction of sp³-hybridized carbons (Fsp3) is 1.00. The molecular weight excluding hydrogens is 232 g/mol. The average Bonchev–Trinajstić information content (AvgIpc) is 2.39. The number of hydrogen-bond acceptors (Lipinski definition) is 2. The van der Waals surface area contributed by atoms with Gasteiger partial charge in [-0.2, -0.15) is 0 Å². The summed E-state index contributed by atoms with van der Waals surface area (Å²) in [6, 6.07) is 0. The lowest BCUT2D eigenvalue weighted by Gasteiger charge is -2.38. The van der Waals surface area contributed by atoms with Crippen molar-refractivity contribution >= 4 is 0 Å². The summed E-state index contributed by atoms with van der Waals surface area (Å²) in [6.07, 6.45) is 5.76. The molecule has 19 heavy (non-hydrogen) atoms. The van der Waals surface area contributed by atoms with Crippen molar-refractivity contribution in [2.24, 2.45) is 29.6 Å². The molecule has 0 aromatic carbocycles. The number of piperidine rings is 2. The molecule has 2 aliphatic heterocycles. The van der Waals surface area contributed by atoms with Gasteiger partial charge >= 0.3 is 0 Å². The predicted molar refractivity (Wildman–Crippen MR) is 83.3 cm³/mol. The Bertz CT molecular complexity index is 264. The molecule has 3 unspecified atom stereocenters. The van der Waals surface area contributed by atoms with Crippen LogP contribution in [0.5, 0.6) is 0 Å². The Kier molecular flexibility index (Phi) is 5.70. The van der Waals surface area contributed by atoms with Crippen molar-refractivity contribution in [1.82, 2.24) is 10.2 Å². The summed E-state index contributed by atoms with van der Waals surface area (Å²) in [6.45, 7) is 12.4. The van der Waals surface area contributed by atoms with Crippen LogP contribution >= 0.6 is 0 Å². The first-order valence-corrected chi connectivity index (χ1v) is 8.45. The molecule has 0 aromatic heterocycles. The maximum absolute atomic E-state index is 3.67. The standard InChI is InChI=1S/C17H34N2/c1-13(2)17-9-15(10-18-11-17)8-14(3)16-6-5-7-19(4)12-16/h13-18H,5-12H2,1-4H3/t14-,15?,16?,17?/m1/s1. The van der Waals surface area contributed by atoms with Crippen molar-refractivity contribution in [2.45, 2.75) is 46.5 Å². The summed E-state index contributed by atoms with van der Waals surface area (Å²) in [5, 5.41) is 3.67. The smallest absolute Gasteiger partial charge is 0.000916 e. The quantitative estimate of drug-likeness (QED) is 0.840. The van der Waals surface area contributed by atoms with E-state index in [1.54, 1.807) is 0 Å². The summed E-state index contributed by atoms with van der Waals surface area (Å²) in [4.78, 5) is 2.53. The third kappa shape index (κ3) is 4.46. The molecule has 0 aliphatic carbocycles. The van der Waals surface area contributed by atoms with Gasteiger partial charge in [0.05, 0.1) is 0 Å². The van der Waals surface area contributed by atoms with Gasteiger partial charge in [0.1, 0.15) is 0 Å². The highest BCUT2D eigenvalue weighted by Crippen LogP contribution is 2.32. The van der Waals surface area contributed by atoms with E-state index in [0.29, 0.717) is 0 Å². The fourth-order valence-electron chi connectivity index (χ4n) is 4.14. The van der Waals surface area contributed by atoms with Gasteiger partial charge in [-0.15, -0.1) is 0 Å². The molecule has 0 spiro atoms. The van der Waals surface area contributed by atoms with Gasteiger partial charge in [-0.1, -0.05) is 20.8 Å². The van der Waals surface area contributed by atoms with Gasteiger partial charge in [0.25, 0.3) is 0 Å². The molecule has 0 bridgehead atoms. The molecule has 2 fully saturated rings. The molecule has 4 atom stereocenters. The van der Waals surface area contributed by atoms with Crippen LogP contribution in [0.3, 0.4) is 0 Å². The largest absolute Gasteiger partial charge is 0.316 e. The molecule has 2 heteroatoms. The third-order valence-electron chi connectivity index (χ3n) is 5.59. The summed E-state index contributed by atoms with van der Waals surface area (Å²) < 4.78 is 0. The van der Waals surface area contributed by atoms with Crippen molar-refractivity contribution in [1.29, 1.82) is 0 Å². The van der Waals surface area contributed by atoms with Gasteiger partial charge in [-0.05, 0) is 82.0 Å². The zero-order chi connectivity index (χ0) is 13.8. The highest BCUT2D eigenvalue weighted by Gasteiger charge is 2.28. The normalized spacial score (nSPS) is 35.5. The lowest BCUT2D eigenvalue weighted by Crippen LogP contribution is -2.40. The molecule has 2 rings (SSSR count). The molecule has 0 saturated carbocycles. The van der Waals surface area contributed by atoms with Crippen LogP contribution < -0.4 is 5.32 Å². The molecule has 2 heterocycles. The second kappa shape index (κ2) is 7.08. The van der Waals surface area contributed by atoms with Gasteiger partial charge in [-0.25, -0.2) is 0 Å². The van der Waals surface area contributed by atoms with E-state index >= 15 is 0 Å². The Morgan fingerprint density at radius 1 is 1.16 bits per heavy atom. The van der Waals surface area contributed by atoms with Gasteiger partial charge in [-0.3, -0.25) is 0 Å². The highest BCUT2D eigenvalue weighted by molar-refractivity contribution is 4.82. The topological polar surface area (TPSA) is 15.3 Å². The minimum absolute atomic E-state index is 0.839. The van der Waals surface area contributed by atoms with Gasteiger partial charge in [0.15, 0.2) is 0 Å². The lowest BCUT2D eigenvalue weighted by molar-refractivity contribution is 0.134. The SMILES string of the molecule is CC(C)C1CNCC(C[C@@H](C)C2CCCN(C)C2)C1. The Balaban J connectivity index is 1.79. The van der Waals surface area contributed by atoms with Crippen molar-refractivity contribution in [3.63, 3.8) is 0 Å². The van der Waals surface area contributed by atoms with Crippen LogP contribution in [-0.2, 0) is 0 Å². The van der Waals surface area contributed by atoms with Crippen LogP contribution in [0.2, 0.25) is 0 Å². The third-order valence-corrected chi connectivity index (χ3v) is 5.59. The van der Waals surface area contributed by atoms with Gasteiger partial charge < -0.3 is 10.2 Å². The molecule has 112 valence electrons. The second-order valence-corrected chi connectivity index (χ2v) is 7.64. The molecule has 2 aliphatic rings. The second-order valence-electron chi connectivity index (χ2n) is 7.64. The number of likely N-dealkylation sites (tertiary alicyclic amines) is 1. The number of hydrogen-bond donors (Lipinski definition) is 1. The van der Waals surface area contributed by atoms with E-state index in [1.807, 2.05) is 0 Å². The summed E-state index contributed by atoms with van der Waals surface area (Å²) in [5.74, 6) is 4.51. The van der Waals surface area contributed by atoms with Crippen LogP contribution in [0.25, 0.3) is 0 Å². The molecule has 0 aromatic rings.